The molecule has 116 valence electrons. The summed E-state index contributed by atoms with van der Waals surface area (Å²) in [6.07, 6.45) is -1.42. The molecule has 20 heavy (non-hydrogen) atoms. The fourth-order valence-electron chi connectivity index (χ4n) is 1.68. The topological polar surface area (TPSA) is 90.9 Å². The molecule has 0 aliphatic heterocycles. The van der Waals surface area contributed by atoms with E-state index in [0.717, 1.165) is 0 Å². The van der Waals surface area contributed by atoms with E-state index in [9.17, 15) is 14.4 Å². The molecular weight excluding hydrogens is 266 g/mol. The van der Waals surface area contributed by atoms with Gasteiger partial charge >= 0.3 is 18.0 Å². The summed E-state index contributed by atoms with van der Waals surface area (Å²) in [5, 5.41) is 2.53. The largest absolute Gasteiger partial charge is 0.466 e. The van der Waals surface area contributed by atoms with E-state index in [1.165, 1.54) is 14.0 Å². The van der Waals surface area contributed by atoms with E-state index < -0.39 is 30.2 Å². The first-order valence-electron chi connectivity index (χ1n) is 6.50. The molecule has 0 aromatic rings. The average Bonchev–Trinajstić information content (AvgIpc) is 2.33. The smallest absolute Gasteiger partial charge is 0.407 e. The van der Waals surface area contributed by atoms with Gasteiger partial charge in [-0.2, -0.15) is 0 Å². The van der Waals surface area contributed by atoms with Gasteiger partial charge in [0.15, 0.2) is 0 Å². The molecule has 7 nitrogen and oxygen atoms in total. The Kier molecular flexibility index (Phi) is 8.35. The first-order chi connectivity index (χ1) is 9.31. The van der Waals surface area contributed by atoms with Crippen LogP contribution in [0.5, 0.6) is 0 Å². The molecule has 0 aliphatic carbocycles. The lowest BCUT2D eigenvalue weighted by Crippen LogP contribution is -2.50. The minimum atomic E-state index is -1.19. The molecule has 1 amide bonds. The van der Waals surface area contributed by atoms with Crippen LogP contribution in [0.1, 0.15) is 34.1 Å². The van der Waals surface area contributed by atoms with Gasteiger partial charge in [-0.25, -0.2) is 9.59 Å². The summed E-state index contributed by atoms with van der Waals surface area (Å²) < 4.78 is 14.4. The van der Waals surface area contributed by atoms with Crippen molar-refractivity contribution in [1.82, 2.24) is 5.32 Å². The van der Waals surface area contributed by atoms with Gasteiger partial charge in [-0.15, -0.1) is 0 Å². The molecule has 0 aliphatic rings. The van der Waals surface area contributed by atoms with Crippen molar-refractivity contribution in [3.8, 4) is 0 Å². The Balaban J connectivity index is 5.03. The van der Waals surface area contributed by atoms with Gasteiger partial charge in [0, 0.05) is 6.92 Å². The van der Waals surface area contributed by atoms with E-state index in [0.29, 0.717) is 6.42 Å². The Labute approximate surface area is 118 Å². The monoisotopic (exact) mass is 289 g/mol. The number of ether oxygens (including phenoxy) is 3. The van der Waals surface area contributed by atoms with Crippen molar-refractivity contribution < 1.29 is 28.6 Å². The fourth-order valence-corrected chi connectivity index (χ4v) is 1.68. The molecule has 0 rings (SSSR count). The molecule has 0 radical (unpaired) electrons. The number of amides is 1. The summed E-state index contributed by atoms with van der Waals surface area (Å²) in [6, 6.07) is -0.703. The number of esters is 2. The van der Waals surface area contributed by atoms with Crippen LogP contribution in [0.25, 0.3) is 0 Å². The number of carbonyl (C=O) groups excluding carboxylic acids is 3. The second-order valence-corrected chi connectivity index (χ2v) is 4.65. The number of hydrogen-bond donors (Lipinski definition) is 1. The molecule has 0 saturated carbocycles. The van der Waals surface area contributed by atoms with Gasteiger partial charge in [-0.3, -0.25) is 4.79 Å². The molecule has 0 bridgehead atoms. The third-order valence-corrected chi connectivity index (χ3v) is 2.40. The van der Waals surface area contributed by atoms with Crippen LogP contribution in [0.2, 0.25) is 0 Å². The van der Waals surface area contributed by atoms with Crippen LogP contribution in [0.15, 0.2) is 0 Å². The first-order valence-corrected chi connectivity index (χ1v) is 6.50. The van der Waals surface area contributed by atoms with Crippen molar-refractivity contribution in [3.63, 3.8) is 0 Å². The number of nitrogens with one attached hydrogen (secondary N) is 1. The van der Waals surface area contributed by atoms with Crippen molar-refractivity contribution in [2.24, 2.45) is 5.92 Å². The van der Waals surface area contributed by atoms with Crippen LogP contribution in [0.4, 0.5) is 4.79 Å². The Morgan fingerprint density at radius 1 is 1.20 bits per heavy atom. The Morgan fingerprint density at radius 2 is 1.80 bits per heavy atom. The summed E-state index contributed by atoms with van der Waals surface area (Å²) in [7, 11) is 1.19. The summed E-state index contributed by atoms with van der Waals surface area (Å²) in [4.78, 5) is 34.3. The zero-order valence-corrected chi connectivity index (χ0v) is 12.6. The summed E-state index contributed by atoms with van der Waals surface area (Å²) in [5.41, 5.74) is 0. The number of carbonyl (C=O) groups is 3. The lowest BCUT2D eigenvalue weighted by atomic mass is 9.99. The summed E-state index contributed by atoms with van der Waals surface area (Å²) in [5.74, 6) is -1.17. The Morgan fingerprint density at radius 3 is 2.20 bits per heavy atom. The standard InChI is InChI=1S/C13H23NO6/c1-6-19-13(17)14-10(7-8(2)3)11(12(16)18-5)20-9(4)15/h8,10-11H,6-7H2,1-5H3,(H,14,17)/t10-,11+/m0/s1. The Bertz CT molecular complexity index is 342. The van der Waals surface area contributed by atoms with Crippen molar-refractivity contribution >= 4 is 18.0 Å². The molecule has 1 N–H and O–H groups in total. The Hall–Kier alpha value is -1.79. The van der Waals surface area contributed by atoms with E-state index >= 15 is 0 Å². The first kappa shape index (κ1) is 18.2. The highest BCUT2D eigenvalue weighted by Gasteiger charge is 2.34. The third kappa shape index (κ3) is 6.96. The highest BCUT2D eigenvalue weighted by atomic mass is 16.6. The number of alkyl carbamates (subject to hydrolysis) is 1. The quantitative estimate of drug-likeness (QED) is 0.560. The van der Waals surface area contributed by atoms with Crippen LogP contribution in [0.3, 0.4) is 0 Å². The van der Waals surface area contributed by atoms with Crippen LogP contribution in [-0.4, -0.2) is 43.9 Å². The molecule has 0 heterocycles. The van der Waals surface area contributed by atoms with Crippen LogP contribution >= 0.6 is 0 Å². The second kappa shape index (κ2) is 9.17. The van der Waals surface area contributed by atoms with Gasteiger partial charge in [-0.05, 0) is 19.3 Å². The van der Waals surface area contributed by atoms with Crippen LogP contribution in [-0.2, 0) is 23.8 Å². The second-order valence-electron chi connectivity index (χ2n) is 4.65. The number of rotatable bonds is 7. The lowest BCUT2D eigenvalue weighted by Gasteiger charge is -2.26. The van der Waals surface area contributed by atoms with E-state index in [2.05, 4.69) is 10.1 Å². The molecule has 0 aromatic heterocycles. The van der Waals surface area contributed by atoms with Gasteiger partial charge < -0.3 is 19.5 Å². The zero-order chi connectivity index (χ0) is 15.7. The minimum Gasteiger partial charge on any atom is -0.466 e. The molecular formula is C13H23NO6. The van der Waals surface area contributed by atoms with Gasteiger partial charge in [0.25, 0.3) is 0 Å². The highest BCUT2D eigenvalue weighted by molar-refractivity contribution is 5.80. The molecule has 0 unspecified atom stereocenters. The van der Waals surface area contributed by atoms with Crippen molar-refractivity contribution in [1.29, 1.82) is 0 Å². The zero-order valence-electron chi connectivity index (χ0n) is 12.6. The summed E-state index contributed by atoms with van der Waals surface area (Å²) in [6.45, 7) is 6.90. The van der Waals surface area contributed by atoms with Crippen molar-refractivity contribution in [3.05, 3.63) is 0 Å². The maximum Gasteiger partial charge on any atom is 0.407 e. The molecule has 0 spiro atoms. The van der Waals surface area contributed by atoms with E-state index in [1.807, 2.05) is 13.8 Å². The molecule has 2 atom stereocenters. The van der Waals surface area contributed by atoms with E-state index in [-0.39, 0.29) is 12.5 Å². The molecule has 7 heteroatoms. The van der Waals surface area contributed by atoms with Crippen molar-refractivity contribution in [2.45, 2.75) is 46.3 Å². The fraction of sp³-hybridized carbons (Fsp3) is 0.769. The molecule has 0 aromatic carbocycles. The van der Waals surface area contributed by atoms with Crippen LogP contribution < -0.4 is 5.32 Å². The predicted molar refractivity (Wildman–Crippen MR) is 71.0 cm³/mol. The highest BCUT2D eigenvalue weighted by Crippen LogP contribution is 2.13. The van der Waals surface area contributed by atoms with Crippen molar-refractivity contribution in [2.75, 3.05) is 13.7 Å². The maximum atomic E-state index is 11.7. The van der Waals surface area contributed by atoms with E-state index in [1.54, 1.807) is 6.92 Å². The van der Waals surface area contributed by atoms with Gasteiger partial charge in [0.2, 0.25) is 6.10 Å². The molecule has 0 fully saturated rings. The van der Waals surface area contributed by atoms with Gasteiger partial charge in [0.1, 0.15) is 0 Å². The molecule has 0 saturated heterocycles. The SMILES string of the molecule is CCOC(=O)N[C@@H](CC(C)C)[C@@H](OC(C)=O)C(=O)OC. The van der Waals surface area contributed by atoms with Gasteiger partial charge in [-0.1, -0.05) is 13.8 Å². The number of hydrogen-bond acceptors (Lipinski definition) is 6. The maximum absolute atomic E-state index is 11.7. The third-order valence-electron chi connectivity index (χ3n) is 2.40. The minimum absolute atomic E-state index is 0.171. The average molecular weight is 289 g/mol. The summed E-state index contributed by atoms with van der Waals surface area (Å²) >= 11 is 0. The lowest BCUT2D eigenvalue weighted by molar-refractivity contribution is -0.167. The van der Waals surface area contributed by atoms with Gasteiger partial charge in [0.05, 0.1) is 19.8 Å². The van der Waals surface area contributed by atoms with Crippen LogP contribution in [0, 0.1) is 5.92 Å². The predicted octanol–water partition coefficient (Wildman–Crippen LogP) is 1.25. The van der Waals surface area contributed by atoms with E-state index in [4.69, 9.17) is 9.47 Å². The normalized spacial score (nSPS) is 13.3. The number of methoxy groups -OCH3 is 1.